The first kappa shape index (κ1) is 10.8. The molecule has 2 aliphatic rings. The van der Waals surface area contributed by atoms with E-state index in [9.17, 15) is 4.79 Å². The van der Waals surface area contributed by atoms with Gasteiger partial charge in [-0.25, -0.2) is 4.79 Å². The van der Waals surface area contributed by atoms with Gasteiger partial charge in [0.1, 0.15) is 4.88 Å². The van der Waals surface area contributed by atoms with Crippen molar-refractivity contribution in [2.24, 2.45) is 5.41 Å². The summed E-state index contributed by atoms with van der Waals surface area (Å²) in [5.74, 6) is -0.283. The largest absolute Gasteiger partial charge is 0.477 e. The van der Waals surface area contributed by atoms with Gasteiger partial charge in [0, 0.05) is 0 Å². The van der Waals surface area contributed by atoms with Crippen LogP contribution in [-0.4, -0.2) is 11.1 Å². The zero-order valence-electron chi connectivity index (χ0n) is 8.83. The number of halogens is 1. The zero-order chi connectivity index (χ0) is 11.3. The van der Waals surface area contributed by atoms with Gasteiger partial charge in [-0.15, -0.1) is 11.3 Å². The molecule has 0 aromatic carbocycles. The number of hydrogen-bond acceptors (Lipinski definition) is 2. The molecule has 1 spiro atoms. The summed E-state index contributed by atoms with van der Waals surface area (Å²) in [6.07, 6.45) is 6.49. The van der Waals surface area contributed by atoms with Crippen LogP contribution in [0.15, 0.2) is 9.85 Å². The number of rotatable bonds is 2. The van der Waals surface area contributed by atoms with E-state index < -0.39 is 5.97 Å². The van der Waals surface area contributed by atoms with Crippen molar-refractivity contribution in [3.8, 4) is 0 Å². The summed E-state index contributed by atoms with van der Waals surface area (Å²) < 4.78 is 0.939. The Kier molecular flexibility index (Phi) is 2.41. The molecule has 0 aliphatic heterocycles. The van der Waals surface area contributed by atoms with E-state index in [1.165, 1.54) is 43.4 Å². The van der Waals surface area contributed by atoms with Crippen molar-refractivity contribution < 1.29 is 9.90 Å². The molecule has 2 fully saturated rings. The highest BCUT2D eigenvalue weighted by molar-refractivity contribution is 9.11. The Morgan fingerprint density at radius 3 is 2.69 bits per heavy atom. The van der Waals surface area contributed by atoms with Gasteiger partial charge in [0.25, 0.3) is 0 Å². The fourth-order valence-corrected chi connectivity index (χ4v) is 4.68. The quantitative estimate of drug-likeness (QED) is 0.886. The molecule has 0 atom stereocenters. The predicted octanol–water partition coefficient (Wildman–Crippen LogP) is 4.26. The topological polar surface area (TPSA) is 37.3 Å². The normalized spacial score (nSPS) is 22.8. The molecule has 0 bridgehead atoms. The average molecular weight is 301 g/mol. The molecule has 3 rings (SSSR count). The molecule has 2 nitrogen and oxygen atoms in total. The lowest BCUT2D eigenvalue weighted by atomic mass is 9.51. The smallest absolute Gasteiger partial charge is 0.346 e. The molecule has 4 heteroatoms. The monoisotopic (exact) mass is 300 g/mol. The maximum Gasteiger partial charge on any atom is 0.346 e. The maximum atomic E-state index is 11.1. The van der Waals surface area contributed by atoms with Crippen LogP contribution < -0.4 is 0 Å². The Labute approximate surface area is 107 Å². The van der Waals surface area contributed by atoms with Crippen molar-refractivity contribution in [3.05, 3.63) is 20.3 Å². The highest BCUT2D eigenvalue weighted by Gasteiger charge is 2.49. The summed E-state index contributed by atoms with van der Waals surface area (Å²) in [4.78, 5) is 11.6. The van der Waals surface area contributed by atoms with Gasteiger partial charge in [0.05, 0.1) is 3.79 Å². The van der Waals surface area contributed by atoms with E-state index in [1.807, 2.05) is 6.07 Å². The lowest BCUT2D eigenvalue weighted by Crippen LogP contribution is -2.41. The lowest BCUT2D eigenvalue weighted by molar-refractivity contribution is 0.00865. The molecule has 0 amide bonds. The number of carboxylic acid groups (broad SMARTS) is 1. The van der Waals surface area contributed by atoms with E-state index in [2.05, 4.69) is 15.9 Å². The van der Waals surface area contributed by atoms with Gasteiger partial charge in [-0.2, -0.15) is 0 Å². The molecule has 1 N–H and O–H groups in total. The van der Waals surface area contributed by atoms with Crippen LogP contribution in [0.4, 0.5) is 0 Å². The fourth-order valence-electron chi connectivity index (χ4n) is 3.13. The molecule has 0 radical (unpaired) electrons. The number of thiophene rings is 1. The van der Waals surface area contributed by atoms with Crippen LogP contribution in [0.2, 0.25) is 0 Å². The minimum Gasteiger partial charge on any atom is -0.477 e. The summed E-state index contributed by atoms with van der Waals surface area (Å²) in [6, 6.07) is 2.00. The highest BCUT2D eigenvalue weighted by atomic mass is 79.9. The second-order valence-corrected chi connectivity index (χ2v) is 7.53. The van der Waals surface area contributed by atoms with Gasteiger partial charge in [0.15, 0.2) is 0 Å². The lowest BCUT2D eigenvalue weighted by Gasteiger charge is -2.54. The van der Waals surface area contributed by atoms with Crippen molar-refractivity contribution >= 4 is 33.2 Å². The van der Waals surface area contributed by atoms with Crippen LogP contribution >= 0.6 is 27.3 Å². The van der Waals surface area contributed by atoms with E-state index in [4.69, 9.17) is 5.11 Å². The van der Waals surface area contributed by atoms with Crippen molar-refractivity contribution in [1.82, 2.24) is 0 Å². The predicted molar refractivity (Wildman–Crippen MR) is 67.2 cm³/mol. The first-order valence-electron chi connectivity index (χ1n) is 5.62. The number of carbonyl (C=O) groups is 1. The van der Waals surface area contributed by atoms with Crippen molar-refractivity contribution in [2.45, 2.75) is 38.0 Å². The average Bonchev–Trinajstić information content (AvgIpc) is 2.42. The molecule has 2 saturated carbocycles. The molecule has 1 aromatic heterocycles. The third-order valence-corrected chi connectivity index (χ3v) is 5.78. The third kappa shape index (κ3) is 1.54. The number of hydrogen-bond donors (Lipinski definition) is 1. The third-order valence-electron chi connectivity index (χ3n) is 4.14. The Hall–Kier alpha value is -0.350. The van der Waals surface area contributed by atoms with Crippen molar-refractivity contribution in [2.75, 3.05) is 0 Å². The van der Waals surface area contributed by atoms with Gasteiger partial charge in [0.2, 0.25) is 0 Å². The van der Waals surface area contributed by atoms with E-state index in [-0.39, 0.29) is 0 Å². The SMILES string of the molecule is O=C(O)c1sc(Br)cc1C1CC2(CCC2)C1. The molecule has 0 saturated heterocycles. The number of aromatic carboxylic acids is 1. The standard InChI is InChI=1S/C12H13BrO2S/c13-9-4-8(10(16-9)11(14)15)7-5-12(6-7)2-1-3-12/h4,7H,1-3,5-6H2,(H,14,15). The molecular weight excluding hydrogens is 288 g/mol. The van der Waals surface area contributed by atoms with Crippen LogP contribution in [-0.2, 0) is 0 Å². The second-order valence-electron chi connectivity index (χ2n) is 5.10. The minimum absolute atomic E-state index is 0.494. The highest BCUT2D eigenvalue weighted by Crippen LogP contribution is 2.62. The summed E-state index contributed by atoms with van der Waals surface area (Å²) in [5.41, 5.74) is 1.66. The van der Waals surface area contributed by atoms with Crippen LogP contribution in [0.5, 0.6) is 0 Å². The summed E-state index contributed by atoms with van der Waals surface area (Å²) in [5, 5.41) is 9.14. The van der Waals surface area contributed by atoms with Crippen LogP contribution in [0, 0.1) is 5.41 Å². The minimum atomic E-state index is -0.778. The maximum absolute atomic E-state index is 11.1. The van der Waals surface area contributed by atoms with Crippen LogP contribution in [0.1, 0.15) is 53.3 Å². The van der Waals surface area contributed by atoms with E-state index in [1.54, 1.807) is 0 Å². The van der Waals surface area contributed by atoms with Gasteiger partial charge in [-0.3, -0.25) is 0 Å². The Bertz CT molecular complexity index is 440. The van der Waals surface area contributed by atoms with Crippen LogP contribution in [0.3, 0.4) is 0 Å². The van der Waals surface area contributed by atoms with Gasteiger partial charge >= 0.3 is 5.97 Å². The number of carboxylic acids is 1. The first-order valence-corrected chi connectivity index (χ1v) is 7.23. The van der Waals surface area contributed by atoms with E-state index >= 15 is 0 Å². The molecule has 16 heavy (non-hydrogen) atoms. The Balaban J connectivity index is 1.82. The van der Waals surface area contributed by atoms with Gasteiger partial charge in [-0.05, 0) is 64.6 Å². The molecule has 2 aliphatic carbocycles. The Morgan fingerprint density at radius 1 is 1.50 bits per heavy atom. The molecule has 86 valence electrons. The summed E-state index contributed by atoms with van der Waals surface area (Å²) in [7, 11) is 0. The summed E-state index contributed by atoms with van der Waals surface area (Å²) >= 11 is 4.73. The molecule has 1 heterocycles. The molecule has 0 unspecified atom stereocenters. The second kappa shape index (κ2) is 3.57. The zero-order valence-corrected chi connectivity index (χ0v) is 11.2. The van der Waals surface area contributed by atoms with Crippen molar-refractivity contribution in [1.29, 1.82) is 0 Å². The molecular formula is C12H13BrO2S. The van der Waals surface area contributed by atoms with Gasteiger partial charge < -0.3 is 5.11 Å². The van der Waals surface area contributed by atoms with Crippen molar-refractivity contribution in [3.63, 3.8) is 0 Å². The Morgan fingerprint density at radius 2 is 2.19 bits per heavy atom. The molecule has 1 aromatic rings. The van der Waals surface area contributed by atoms with E-state index in [0.717, 1.165) is 9.35 Å². The fraction of sp³-hybridized carbons (Fsp3) is 0.583. The summed E-state index contributed by atoms with van der Waals surface area (Å²) in [6.45, 7) is 0. The van der Waals surface area contributed by atoms with Crippen LogP contribution in [0.25, 0.3) is 0 Å². The first-order chi connectivity index (χ1) is 7.60. The van der Waals surface area contributed by atoms with Gasteiger partial charge in [-0.1, -0.05) is 6.42 Å². The van der Waals surface area contributed by atoms with E-state index in [0.29, 0.717) is 16.2 Å².